The van der Waals surface area contributed by atoms with E-state index in [1.54, 1.807) is 36.4 Å². The van der Waals surface area contributed by atoms with Crippen molar-refractivity contribution in [3.63, 3.8) is 0 Å². The summed E-state index contributed by atoms with van der Waals surface area (Å²) >= 11 is 6.29. The molecule has 0 atom stereocenters. The highest BCUT2D eigenvalue weighted by Gasteiger charge is 2.32. The molecule has 40 heavy (non-hydrogen) atoms. The van der Waals surface area contributed by atoms with Crippen LogP contribution in [0.5, 0.6) is 0 Å². The number of aromatic nitrogens is 3. The number of nitro benzene ring substituents is 1. The van der Waals surface area contributed by atoms with Crippen LogP contribution in [-0.2, 0) is 16.6 Å². The molecule has 3 aromatic heterocycles. The van der Waals surface area contributed by atoms with Crippen LogP contribution >= 0.6 is 11.6 Å². The van der Waals surface area contributed by atoms with E-state index in [2.05, 4.69) is 9.97 Å². The number of halogens is 1. The molecule has 4 N–H and O–H groups in total. The third-order valence-electron chi connectivity index (χ3n) is 6.09. The number of sulfonamides is 1. The van der Waals surface area contributed by atoms with E-state index in [-0.39, 0.29) is 29.2 Å². The van der Waals surface area contributed by atoms with Crippen LogP contribution in [0.1, 0.15) is 16.1 Å². The molecule has 0 spiro atoms. The number of benzene rings is 2. The predicted octanol–water partition coefficient (Wildman–Crippen LogP) is 3.70. The third-order valence-corrected chi connectivity index (χ3v) is 7.71. The molecule has 14 heteroatoms. The molecule has 0 aliphatic rings. The lowest BCUT2D eigenvalue weighted by Crippen LogP contribution is -2.33. The largest absolute Gasteiger partial charge is 0.384 e. The van der Waals surface area contributed by atoms with E-state index in [0.717, 1.165) is 12.1 Å². The van der Waals surface area contributed by atoms with Gasteiger partial charge in [-0.05, 0) is 54.1 Å². The number of pyridine rings is 2. The molecule has 12 nitrogen and oxygen atoms in total. The van der Waals surface area contributed by atoms with E-state index in [0.29, 0.717) is 21.5 Å². The van der Waals surface area contributed by atoms with E-state index in [9.17, 15) is 28.1 Å². The molecule has 5 rings (SSSR count). The maximum absolute atomic E-state index is 13.9. The number of nitrogen functional groups attached to an aromatic ring is 1. The minimum atomic E-state index is -4.73. The van der Waals surface area contributed by atoms with E-state index in [1.807, 2.05) is 4.72 Å². The molecule has 0 radical (unpaired) electrons. The summed E-state index contributed by atoms with van der Waals surface area (Å²) in [7, 11) is -4.73. The van der Waals surface area contributed by atoms with Crippen LogP contribution in [0.15, 0.2) is 88.8 Å². The molecule has 202 valence electrons. The fourth-order valence-corrected chi connectivity index (χ4v) is 5.75. The summed E-state index contributed by atoms with van der Waals surface area (Å²) < 4.78 is 30.0. The number of rotatable bonds is 7. The van der Waals surface area contributed by atoms with Crippen LogP contribution < -0.4 is 16.0 Å². The Morgan fingerprint density at radius 2 is 1.90 bits per heavy atom. The summed E-state index contributed by atoms with van der Waals surface area (Å²) in [5.41, 5.74) is 5.71. The van der Waals surface area contributed by atoms with Gasteiger partial charge in [0.2, 0.25) is 0 Å². The van der Waals surface area contributed by atoms with Crippen molar-refractivity contribution >= 4 is 49.9 Å². The average Bonchev–Trinajstić information content (AvgIpc) is 3.21. The zero-order chi connectivity index (χ0) is 28.6. The van der Waals surface area contributed by atoms with Crippen LogP contribution in [0.3, 0.4) is 0 Å². The van der Waals surface area contributed by atoms with Gasteiger partial charge in [0.15, 0.2) is 4.90 Å². The Morgan fingerprint density at radius 1 is 1.12 bits per heavy atom. The number of nitrogens with zero attached hydrogens (tertiary/aromatic N) is 3. The second-order valence-corrected chi connectivity index (χ2v) is 10.7. The minimum Gasteiger partial charge on any atom is -0.384 e. The Balaban J connectivity index is 1.77. The molecule has 5 aromatic rings. The van der Waals surface area contributed by atoms with Gasteiger partial charge >= 0.3 is 0 Å². The van der Waals surface area contributed by atoms with Crippen LogP contribution in [0.2, 0.25) is 5.02 Å². The first-order valence-corrected chi connectivity index (χ1v) is 13.4. The number of aromatic amines is 1. The SMILES string of the molecule is Nc1cc(Cn2c(C(=O)NS(=O)(=O)c3ccccc3[N+](=O)[O-])c(-c3ccc[nH]c3=O)c3cc(Cl)ccc32)ccn1. The first kappa shape index (κ1) is 26.6. The molecule has 3 heterocycles. The maximum Gasteiger partial charge on any atom is 0.289 e. The quantitative estimate of drug-likeness (QED) is 0.193. The third kappa shape index (κ3) is 4.90. The van der Waals surface area contributed by atoms with Gasteiger partial charge in [-0.2, -0.15) is 0 Å². The number of amides is 1. The van der Waals surface area contributed by atoms with E-state index < -0.39 is 37.0 Å². The summed E-state index contributed by atoms with van der Waals surface area (Å²) in [6.45, 7) is 0.0316. The van der Waals surface area contributed by atoms with Crippen LogP contribution in [-0.4, -0.2) is 33.8 Å². The highest BCUT2D eigenvalue weighted by atomic mass is 35.5. The highest BCUT2D eigenvalue weighted by molar-refractivity contribution is 7.90. The van der Waals surface area contributed by atoms with Crippen LogP contribution in [0, 0.1) is 10.1 Å². The normalized spacial score (nSPS) is 11.4. The van der Waals surface area contributed by atoms with Crippen molar-refractivity contribution in [2.45, 2.75) is 11.4 Å². The number of hydrogen-bond acceptors (Lipinski definition) is 8. The summed E-state index contributed by atoms with van der Waals surface area (Å²) in [6.07, 6.45) is 2.89. The van der Waals surface area contributed by atoms with E-state index >= 15 is 0 Å². The lowest BCUT2D eigenvalue weighted by atomic mass is 10.0. The number of fused-ring (bicyclic) bond motifs is 1. The number of para-hydroxylation sites is 1. The van der Waals surface area contributed by atoms with Gasteiger partial charge in [0, 0.05) is 52.1 Å². The number of hydrogen-bond donors (Lipinski definition) is 3. The fourth-order valence-electron chi connectivity index (χ4n) is 4.45. The van der Waals surface area contributed by atoms with Gasteiger partial charge in [-0.25, -0.2) is 18.1 Å². The van der Waals surface area contributed by atoms with Crippen molar-refractivity contribution < 1.29 is 18.1 Å². The Labute approximate surface area is 231 Å². The predicted molar refractivity (Wildman–Crippen MR) is 149 cm³/mol. The second kappa shape index (κ2) is 10.3. The fraction of sp³-hybridized carbons (Fsp3) is 0.0385. The first-order valence-electron chi connectivity index (χ1n) is 11.6. The summed E-state index contributed by atoms with van der Waals surface area (Å²) in [5, 5.41) is 12.2. The minimum absolute atomic E-state index is 0.0316. The van der Waals surface area contributed by atoms with Gasteiger partial charge in [0.25, 0.3) is 27.2 Å². The molecule has 2 aromatic carbocycles. The lowest BCUT2D eigenvalue weighted by molar-refractivity contribution is -0.387. The van der Waals surface area contributed by atoms with Crippen molar-refractivity contribution in [1.82, 2.24) is 19.3 Å². The molecule has 0 unspecified atom stereocenters. The molecular formula is C26H19ClN6O6S. The Hall–Kier alpha value is -5.01. The summed E-state index contributed by atoms with van der Waals surface area (Å²) in [6, 6.07) is 15.7. The Kier molecular flexibility index (Phi) is 6.83. The number of nitrogens with one attached hydrogen (secondary N) is 2. The summed E-state index contributed by atoms with van der Waals surface area (Å²) in [5.74, 6) is -0.896. The number of H-pyrrole nitrogens is 1. The zero-order valence-corrected chi connectivity index (χ0v) is 21.9. The number of nitro groups is 1. The van der Waals surface area contributed by atoms with Crippen molar-refractivity contribution in [3.8, 4) is 11.1 Å². The van der Waals surface area contributed by atoms with E-state index in [1.165, 1.54) is 35.2 Å². The van der Waals surface area contributed by atoms with E-state index in [4.69, 9.17) is 17.3 Å². The number of carbonyl (C=O) groups is 1. The van der Waals surface area contributed by atoms with Gasteiger partial charge < -0.3 is 15.3 Å². The topological polar surface area (TPSA) is 183 Å². The average molecular weight is 579 g/mol. The Bertz CT molecular complexity index is 1990. The van der Waals surface area contributed by atoms with Crippen molar-refractivity contribution in [3.05, 3.63) is 116 Å². The number of nitrogens with two attached hydrogens (primary N) is 1. The second-order valence-electron chi connectivity index (χ2n) is 8.63. The number of carbonyl (C=O) groups excluding carboxylic acids is 1. The van der Waals surface area contributed by atoms with Crippen molar-refractivity contribution in [2.75, 3.05) is 5.73 Å². The maximum atomic E-state index is 13.9. The smallest absolute Gasteiger partial charge is 0.289 e. The molecule has 0 aliphatic heterocycles. The van der Waals surface area contributed by atoms with Gasteiger partial charge in [-0.1, -0.05) is 23.7 Å². The monoisotopic (exact) mass is 578 g/mol. The highest BCUT2D eigenvalue weighted by Crippen LogP contribution is 2.36. The molecule has 1 amide bonds. The van der Waals surface area contributed by atoms with Gasteiger partial charge in [0.1, 0.15) is 11.5 Å². The lowest BCUT2D eigenvalue weighted by Gasteiger charge is -2.13. The molecule has 0 saturated heterocycles. The molecular weight excluding hydrogens is 560 g/mol. The van der Waals surface area contributed by atoms with Crippen LogP contribution in [0.4, 0.5) is 11.5 Å². The van der Waals surface area contributed by atoms with Crippen molar-refractivity contribution in [1.29, 1.82) is 0 Å². The molecule has 0 saturated carbocycles. The van der Waals surface area contributed by atoms with Crippen molar-refractivity contribution in [2.24, 2.45) is 0 Å². The molecule has 0 fully saturated rings. The Morgan fingerprint density at radius 3 is 2.62 bits per heavy atom. The summed E-state index contributed by atoms with van der Waals surface area (Å²) in [4.78, 5) is 43.3. The van der Waals surface area contributed by atoms with Gasteiger partial charge in [-0.3, -0.25) is 19.7 Å². The van der Waals surface area contributed by atoms with Gasteiger partial charge in [-0.15, -0.1) is 0 Å². The standard InChI is InChI=1S/C26H19ClN6O6S/c27-16-7-8-19-18(13-16)23(17-4-3-10-30-25(17)34)24(32(19)14-15-9-11-29-22(28)12-15)26(35)31-40(38,39)21-6-2-1-5-20(21)33(36)37/h1-13H,14H2,(H2,28,29)(H,30,34)(H,31,35). The molecule has 0 aliphatic carbocycles. The zero-order valence-electron chi connectivity index (χ0n) is 20.4. The van der Waals surface area contributed by atoms with Crippen LogP contribution in [0.25, 0.3) is 22.0 Å². The van der Waals surface area contributed by atoms with Gasteiger partial charge in [0.05, 0.1) is 4.92 Å². The molecule has 0 bridgehead atoms. The first-order chi connectivity index (χ1) is 19.1. The number of anilines is 1.